The van der Waals surface area contributed by atoms with E-state index in [2.05, 4.69) is 11.9 Å². The molecule has 1 saturated carbocycles. The Morgan fingerprint density at radius 1 is 1.35 bits per heavy atom. The van der Waals surface area contributed by atoms with Crippen molar-refractivity contribution in [1.82, 2.24) is 19.4 Å². The molecule has 1 aromatic rings. The molecule has 0 bridgehead atoms. The summed E-state index contributed by atoms with van der Waals surface area (Å²) >= 11 is 0. The number of rotatable bonds is 7. The Labute approximate surface area is 137 Å². The summed E-state index contributed by atoms with van der Waals surface area (Å²) in [7, 11) is 0. The Balaban J connectivity index is 1.73. The highest BCUT2D eigenvalue weighted by Gasteiger charge is 2.33. The van der Waals surface area contributed by atoms with Gasteiger partial charge in [-0.05, 0) is 32.1 Å². The lowest BCUT2D eigenvalue weighted by molar-refractivity contribution is 0.0688. The summed E-state index contributed by atoms with van der Waals surface area (Å²) < 4.78 is 1.84. The Kier molecular flexibility index (Phi) is 4.68. The van der Waals surface area contributed by atoms with Gasteiger partial charge in [0.05, 0.1) is 0 Å². The van der Waals surface area contributed by atoms with Crippen LogP contribution in [0.1, 0.15) is 60.6 Å². The van der Waals surface area contributed by atoms with Gasteiger partial charge in [0.1, 0.15) is 5.69 Å². The molecule has 1 fully saturated rings. The summed E-state index contributed by atoms with van der Waals surface area (Å²) in [6, 6.07) is 0. The predicted octanol–water partition coefficient (Wildman–Crippen LogP) is 2.01. The van der Waals surface area contributed by atoms with Gasteiger partial charge in [0.15, 0.2) is 5.82 Å². The molecule has 0 saturated heterocycles. The van der Waals surface area contributed by atoms with E-state index in [0.717, 1.165) is 39.0 Å². The molecule has 6 heteroatoms. The molecule has 2 amide bonds. The van der Waals surface area contributed by atoms with Gasteiger partial charge in [-0.15, -0.1) is 0 Å². The molecule has 23 heavy (non-hydrogen) atoms. The van der Waals surface area contributed by atoms with Gasteiger partial charge in [-0.3, -0.25) is 9.59 Å². The number of unbranched alkanes of at least 4 members (excludes halogenated alkanes) is 1. The molecule has 3 rings (SSSR count). The first-order chi connectivity index (χ1) is 11.1. The maximum atomic E-state index is 12.6. The van der Waals surface area contributed by atoms with Crippen molar-refractivity contribution in [1.29, 1.82) is 0 Å². The summed E-state index contributed by atoms with van der Waals surface area (Å²) in [4.78, 5) is 33.2. The van der Waals surface area contributed by atoms with Crippen molar-refractivity contribution in [3.8, 4) is 0 Å². The fraction of sp³-hybridized carbons (Fsp3) is 0.706. The van der Waals surface area contributed by atoms with E-state index in [-0.39, 0.29) is 11.8 Å². The zero-order valence-electron chi connectivity index (χ0n) is 14.1. The van der Waals surface area contributed by atoms with Crippen LogP contribution in [-0.4, -0.2) is 57.3 Å². The number of fused-ring (bicyclic) bond motifs is 1. The Morgan fingerprint density at radius 3 is 2.78 bits per heavy atom. The second-order valence-corrected chi connectivity index (χ2v) is 6.58. The van der Waals surface area contributed by atoms with Gasteiger partial charge < -0.3 is 14.4 Å². The normalized spacial score (nSPS) is 17.3. The highest BCUT2D eigenvalue weighted by atomic mass is 16.2. The number of imidazole rings is 1. The molecule has 6 nitrogen and oxygen atoms in total. The van der Waals surface area contributed by atoms with Crippen molar-refractivity contribution in [2.75, 3.05) is 26.2 Å². The smallest absolute Gasteiger partial charge is 0.289 e. The van der Waals surface area contributed by atoms with Gasteiger partial charge in [-0.2, -0.15) is 0 Å². The van der Waals surface area contributed by atoms with Crippen molar-refractivity contribution in [3.63, 3.8) is 0 Å². The number of hydrogen-bond acceptors (Lipinski definition) is 3. The maximum absolute atomic E-state index is 12.6. The highest BCUT2D eigenvalue weighted by Crippen LogP contribution is 2.30. The maximum Gasteiger partial charge on any atom is 0.289 e. The van der Waals surface area contributed by atoms with Crippen LogP contribution >= 0.6 is 0 Å². The lowest BCUT2D eigenvalue weighted by Gasteiger charge is -2.27. The fourth-order valence-corrected chi connectivity index (χ4v) is 3.03. The molecule has 0 N–H and O–H groups in total. The first kappa shape index (κ1) is 16.0. The third-order valence-electron chi connectivity index (χ3n) is 4.71. The summed E-state index contributed by atoms with van der Waals surface area (Å²) in [5.41, 5.74) is 0.402. The minimum atomic E-state index is -0.0654. The minimum absolute atomic E-state index is 0.0289. The average Bonchev–Trinajstić information content (AvgIpc) is 3.26. The summed E-state index contributed by atoms with van der Waals surface area (Å²) in [5.74, 6) is 1.00. The number of amides is 2. The number of nitrogens with zero attached hydrogens (tertiary/aromatic N) is 4. The standard InChI is InChI=1S/C17H26N4O2/c1-3-5-8-19(4-2)16(22)14-12-20-9-10-21(11-13-6-7-13)17(23)15(20)18-14/h12-13H,3-11H2,1-2H3. The number of carbonyl (C=O) groups is 2. The molecule has 1 aromatic heterocycles. The van der Waals surface area contributed by atoms with E-state index >= 15 is 0 Å². The molecular formula is C17H26N4O2. The van der Waals surface area contributed by atoms with E-state index in [1.165, 1.54) is 12.8 Å². The molecule has 1 aliphatic carbocycles. The van der Waals surface area contributed by atoms with E-state index in [1.807, 2.05) is 21.3 Å². The second-order valence-electron chi connectivity index (χ2n) is 6.58. The van der Waals surface area contributed by atoms with Crippen LogP contribution < -0.4 is 0 Å². The Hall–Kier alpha value is -1.85. The summed E-state index contributed by atoms with van der Waals surface area (Å²) in [6.07, 6.45) is 6.24. The zero-order valence-corrected chi connectivity index (χ0v) is 14.1. The second kappa shape index (κ2) is 6.72. The van der Waals surface area contributed by atoms with Gasteiger partial charge in [-0.1, -0.05) is 13.3 Å². The van der Waals surface area contributed by atoms with Crippen LogP contribution in [0, 0.1) is 5.92 Å². The molecule has 1 aliphatic heterocycles. The van der Waals surface area contributed by atoms with E-state index < -0.39 is 0 Å². The predicted molar refractivity (Wildman–Crippen MR) is 87.3 cm³/mol. The molecule has 0 atom stereocenters. The van der Waals surface area contributed by atoms with E-state index in [4.69, 9.17) is 0 Å². The largest absolute Gasteiger partial charge is 0.338 e. The third-order valence-corrected chi connectivity index (χ3v) is 4.71. The molecule has 0 aromatic carbocycles. The van der Waals surface area contributed by atoms with Crippen molar-refractivity contribution < 1.29 is 9.59 Å². The van der Waals surface area contributed by atoms with Gasteiger partial charge in [0, 0.05) is 38.9 Å². The van der Waals surface area contributed by atoms with Crippen LogP contribution in [0.15, 0.2) is 6.20 Å². The molecule has 126 valence electrons. The van der Waals surface area contributed by atoms with E-state index in [0.29, 0.717) is 24.0 Å². The number of aromatic nitrogens is 2. The Morgan fingerprint density at radius 2 is 2.13 bits per heavy atom. The molecule has 0 unspecified atom stereocenters. The summed E-state index contributed by atoms with van der Waals surface area (Å²) in [5, 5.41) is 0. The van der Waals surface area contributed by atoms with Gasteiger partial charge in [0.25, 0.3) is 11.8 Å². The van der Waals surface area contributed by atoms with Gasteiger partial charge in [-0.25, -0.2) is 4.98 Å². The molecule has 2 aliphatic rings. The molecular weight excluding hydrogens is 292 g/mol. The van der Waals surface area contributed by atoms with Crippen LogP contribution in [0.4, 0.5) is 0 Å². The first-order valence-electron chi connectivity index (χ1n) is 8.79. The Bertz CT molecular complexity index is 591. The zero-order chi connectivity index (χ0) is 16.4. The van der Waals surface area contributed by atoms with Crippen molar-refractivity contribution in [2.45, 2.75) is 46.1 Å². The molecule has 0 spiro atoms. The van der Waals surface area contributed by atoms with Crippen LogP contribution in [0.3, 0.4) is 0 Å². The van der Waals surface area contributed by atoms with Crippen molar-refractivity contribution in [3.05, 3.63) is 17.7 Å². The topological polar surface area (TPSA) is 58.4 Å². The van der Waals surface area contributed by atoms with Crippen molar-refractivity contribution >= 4 is 11.8 Å². The third kappa shape index (κ3) is 3.41. The van der Waals surface area contributed by atoms with E-state index in [1.54, 1.807) is 6.20 Å². The van der Waals surface area contributed by atoms with Crippen LogP contribution in [0.2, 0.25) is 0 Å². The van der Waals surface area contributed by atoms with Gasteiger partial charge in [0.2, 0.25) is 0 Å². The highest BCUT2D eigenvalue weighted by molar-refractivity contribution is 5.96. The average molecular weight is 318 g/mol. The molecule has 0 radical (unpaired) electrons. The lowest BCUT2D eigenvalue weighted by Crippen LogP contribution is -2.41. The SMILES string of the molecule is CCCCN(CC)C(=O)c1cn2c(n1)C(=O)N(CC1CC1)CC2. The quantitative estimate of drug-likeness (QED) is 0.773. The monoisotopic (exact) mass is 318 g/mol. The fourth-order valence-electron chi connectivity index (χ4n) is 3.03. The van der Waals surface area contributed by atoms with Crippen LogP contribution in [-0.2, 0) is 6.54 Å². The first-order valence-corrected chi connectivity index (χ1v) is 8.79. The minimum Gasteiger partial charge on any atom is -0.338 e. The van der Waals surface area contributed by atoms with Gasteiger partial charge >= 0.3 is 0 Å². The van der Waals surface area contributed by atoms with Crippen LogP contribution in [0.25, 0.3) is 0 Å². The molecule has 2 heterocycles. The summed E-state index contributed by atoms with van der Waals surface area (Å²) in [6.45, 7) is 7.80. The van der Waals surface area contributed by atoms with Crippen LogP contribution in [0.5, 0.6) is 0 Å². The lowest BCUT2D eigenvalue weighted by atomic mass is 10.3. The van der Waals surface area contributed by atoms with E-state index in [9.17, 15) is 9.59 Å². The number of carbonyl (C=O) groups excluding carboxylic acids is 2. The van der Waals surface area contributed by atoms with Crippen molar-refractivity contribution in [2.24, 2.45) is 5.92 Å². The number of hydrogen-bond donors (Lipinski definition) is 0.